The SMILES string of the molecule is N#Cc1cnc2cc(Cl)c(Cl)cn12. The fourth-order valence-corrected chi connectivity index (χ4v) is 1.36. The molecule has 5 heteroatoms. The molecular weight excluding hydrogens is 209 g/mol. The van der Waals surface area contributed by atoms with E-state index in [1.807, 2.05) is 6.07 Å². The van der Waals surface area contributed by atoms with Gasteiger partial charge in [0.2, 0.25) is 0 Å². The summed E-state index contributed by atoms with van der Waals surface area (Å²) in [5.41, 5.74) is 1.06. The predicted octanol–water partition coefficient (Wildman–Crippen LogP) is 2.51. The molecule has 0 aliphatic carbocycles. The molecule has 0 radical (unpaired) electrons. The number of nitrogens with zero attached hydrogens (tertiary/aromatic N) is 3. The quantitative estimate of drug-likeness (QED) is 0.673. The molecule has 0 aliphatic heterocycles. The second-order valence-corrected chi connectivity index (χ2v) is 3.27. The standard InChI is InChI=1S/C8H3Cl2N3/c9-6-1-8-12-3-5(2-11)13(8)4-7(6)10/h1,3-4H. The van der Waals surface area contributed by atoms with Crippen molar-refractivity contribution in [1.29, 1.82) is 5.26 Å². The Morgan fingerprint density at radius 1 is 1.38 bits per heavy atom. The number of hydrogen-bond donors (Lipinski definition) is 0. The summed E-state index contributed by atoms with van der Waals surface area (Å²) in [4.78, 5) is 3.99. The molecular formula is C8H3Cl2N3. The first-order valence-electron chi connectivity index (χ1n) is 3.44. The minimum atomic E-state index is 0.406. The van der Waals surface area contributed by atoms with Gasteiger partial charge in [-0.25, -0.2) is 4.98 Å². The van der Waals surface area contributed by atoms with Gasteiger partial charge in [0, 0.05) is 12.3 Å². The molecule has 0 fully saturated rings. The zero-order valence-corrected chi connectivity index (χ0v) is 7.84. The van der Waals surface area contributed by atoms with Gasteiger partial charge < -0.3 is 0 Å². The summed E-state index contributed by atoms with van der Waals surface area (Å²) in [6, 6.07) is 3.61. The highest BCUT2D eigenvalue weighted by Crippen LogP contribution is 2.23. The maximum absolute atomic E-state index is 8.70. The van der Waals surface area contributed by atoms with Gasteiger partial charge in [0.25, 0.3) is 0 Å². The molecule has 0 unspecified atom stereocenters. The van der Waals surface area contributed by atoms with E-state index < -0.39 is 0 Å². The van der Waals surface area contributed by atoms with Crippen molar-refractivity contribution in [2.45, 2.75) is 0 Å². The molecule has 0 aliphatic rings. The van der Waals surface area contributed by atoms with Crippen LogP contribution < -0.4 is 0 Å². The summed E-state index contributed by atoms with van der Waals surface area (Å²) in [5, 5.41) is 9.54. The number of imidazole rings is 1. The van der Waals surface area contributed by atoms with Crippen molar-refractivity contribution in [2.75, 3.05) is 0 Å². The third kappa shape index (κ3) is 1.24. The molecule has 2 rings (SSSR count). The van der Waals surface area contributed by atoms with Crippen molar-refractivity contribution in [3.8, 4) is 6.07 Å². The van der Waals surface area contributed by atoms with Crippen LogP contribution in [0.5, 0.6) is 0 Å². The van der Waals surface area contributed by atoms with Crippen molar-refractivity contribution in [3.63, 3.8) is 0 Å². The molecule has 2 heterocycles. The van der Waals surface area contributed by atoms with Crippen LogP contribution >= 0.6 is 23.2 Å². The summed E-state index contributed by atoms with van der Waals surface area (Å²) in [7, 11) is 0. The van der Waals surface area contributed by atoms with Gasteiger partial charge in [-0.1, -0.05) is 23.2 Å². The Kier molecular flexibility index (Phi) is 1.87. The van der Waals surface area contributed by atoms with E-state index in [9.17, 15) is 0 Å². The Bertz CT molecular complexity index is 510. The van der Waals surface area contributed by atoms with Gasteiger partial charge in [0.05, 0.1) is 16.2 Å². The molecule has 0 bridgehead atoms. The molecule has 0 atom stereocenters. The first kappa shape index (κ1) is 8.36. The van der Waals surface area contributed by atoms with E-state index in [2.05, 4.69) is 4.98 Å². The van der Waals surface area contributed by atoms with Gasteiger partial charge in [-0.3, -0.25) is 4.40 Å². The van der Waals surface area contributed by atoms with E-state index in [0.717, 1.165) is 0 Å². The summed E-state index contributed by atoms with van der Waals surface area (Å²) in [6.45, 7) is 0. The molecule has 13 heavy (non-hydrogen) atoms. The number of aromatic nitrogens is 2. The van der Waals surface area contributed by atoms with E-state index >= 15 is 0 Å². The van der Waals surface area contributed by atoms with Crippen LogP contribution in [0.15, 0.2) is 18.5 Å². The average Bonchev–Trinajstić information content (AvgIpc) is 2.48. The predicted molar refractivity (Wildman–Crippen MR) is 49.9 cm³/mol. The van der Waals surface area contributed by atoms with Gasteiger partial charge in [-0.05, 0) is 0 Å². The number of hydrogen-bond acceptors (Lipinski definition) is 2. The molecule has 0 N–H and O–H groups in total. The second kappa shape index (κ2) is 2.91. The zero-order chi connectivity index (χ0) is 9.42. The van der Waals surface area contributed by atoms with Gasteiger partial charge in [0.15, 0.2) is 0 Å². The van der Waals surface area contributed by atoms with Gasteiger partial charge in [-0.15, -0.1) is 0 Å². The minimum absolute atomic E-state index is 0.406. The molecule has 0 spiro atoms. The maximum Gasteiger partial charge on any atom is 0.144 e. The zero-order valence-electron chi connectivity index (χ0n) is 6.33. The first-order chi connectivity index (χ1) is 6.22. The highest BCUT2D eigenvalue weighted by atomic mass is 35.5. The highest BCUT2D eigenvalue weighted by Gasteiger charge is 2.05. The van der Waals surface area contributed by atoms with Crippen molar-refractivity contribution in [2.24, 2.45) is 0 Å². The number of fused-ring (bicyclic) bond motifs is 1. The lowest BCUT2D eigenvalue weighted by atomic mass is 10.4. The Labute approximate surface area is 84.1 Å². The van der Waals surface area contributed by atoms with E-state index in [1.54, 1.807) is 16.7 Å². The Morgan fingerprint density at radius 2 is 2.15 bits per heavy atom. The molecule has 2 aromatic rings. The van der Waals surface area contributed by atoms with Crippen LogP contribution in [0.4, 0.5) is 0 Å². The summed E-state index contributed by atoms with van der Waals surface area (Å²) in [5.74, 6) is 0. The van der Waals surface area contributed by atoms with E-state index in [0.29, 0.717) is 21.4 Å². The van der Waals surface area contributed by atoms with E-state index in [-0.39, 0.29) is 0 Å². The van der Waals surface area contributed by atoms with Crippen LogP contribution in [0.25, 0.3) is 5.65 Å². The summed E-state index contributed by atoms with van der Waals surface area (Å²) < 4.78 is 1.59. The third-order valence-corrected chi connectivity index (χ3v) is 2.38. The fraction of sp³-hybridized carbons (Fsp3) is 0. The Balaban J connectivity index is 2.86. The van der Waals surface area contributed by atoms with Crippen molar-refractivity contribution >= 4 is 28.8 Å². The maximum atomic E-state index is 8.70. The van der Waals surface area contributed by atoms with Crippen molar-refractivity contribution in [3.05, 3.63) is 34.2 Å². The number of halogens is 2. The topological polar surface area (TPSA) is 41.1 Å². The molecule has 0 amide bonds. The monoisotopic (exact) mass is 211 g/mol. The third-order valence-electron chi connectivity index (χ3n) is 1.67. The number of rotatable bonds is 0. The number of nitriles is 1. The normalized spacial score (nSPS) is 10.2. The lowest BCUT2D eigenvalue weighted by molar-refractivity contribution is 1.15. The van der Waals surface area contributed by atoms with Crippen LogP contribution in [-0.2, 0) is 0 Å². The number of pyridine rings is 1. The first-order valence-corrected chi connectivity index (χ1v) is 4.20. The van der Waals surface area contributed by atoms with Crippen molar-refractivity contribution < 1.29 is 0 Å². The minimum Gasteiger partial charge on any atom is -0.290 e. The molecule has 0 saturated carbocycles. The lowest BCUT2D eigenvalue weighted by Crippen LogP contribution is -1.87. The van der Waals surface area contributed by atoms with Crippen LogP contribution in [0.2, 0.25) is 10.0 Å². The summed E-state index contributed by atoms with van der Waals surface area (Å²) in [6.07, 6.45) is 3.05. The van der Waals surface area contributed by atoms with Crippen LogP contribution in [0.3, 0.4) is 0 Å². The fourth-order valence-electron chi connectivity index (χ4n) is 1.06. The molecule has 3 nitrogen and oxygen atoms in total. The second-order valence-electron chi connectivity index (χ2n) is 2.45. The smallest absolute Gasteiger partial charge is 0.144 e. The molecule has 0 aromatic carbocycles. The molecule has 0 saturated heterocycles. The van der Waals surface area contributed by atoms with Crippen LogP contribution in [-0.4, -0.2) is 9.38 Å². The van der Waals surface area contributed by atoms with Gasteiger partial charge in [0.1, 0.15) is 17.4 Å². The van der Waals surface area contributed by atoms with Crippen LogP contribution in [0, 0.1) is 11.3 Å². The highest BCUT2D eigenvalue weighted by molar-refractivity contribution is 6.42. The van der Waals surface area contributed by atoms with Gasteiger partial charge in [-0.2, -0.15) is 5.26 Å². The van der Waals surface area contributed by atoms with E-state index in [4.69, 9.17) is 28.5 Å². The Morgan fingerprint density at radius 3 is 2.85 bits per heavy atom. The lowest BCUT2D eigenvalue weighted by Gasteiger charge is -1.97. The largest absolute Gasteiger partial charge is 0.290 e. The van der Waals surface area contributed by atoms with Crippen molar-refractivity contribution in [1.82, 2.24) is 9.38 Å². The molecule has 64 valence electrons. The average molecular weight is 212 g/mol. The van der Waals surface area contributed by atoms with Gasteiger partial charge >= 0.3 is 0 Å². The molecule has 2 aromatic heterocycles. The van der Waals surface area contributed by atoms with E-state index in [1.165, 1.54) is 6.20 Å². The Hall–Kier alpha value is -1.24. The summed E-state index contributed by atoms with van der Waals surface area (Å²) >= 11 is 11.6. The van der Waals surface area contributed by atoms with Crippen LogP contribution in [0.1, 0.15) is 5.69 Å².